The van der Waals surface area contributed by atoms with Crippen LogP contribution in [0.25, 0.3) is 0 Å². The third-order valence-electron chi connectivity index (χ3n) is 1.65. The molecule has 0 aliphatic carbocycles. The molecule has 0 aromatic rings. The van der Waals surface area contributed by atoms with Crippen LogP contribution in [0.4, 0.5) is 0 Å². The molecule has 4 heteroatoms. The predicted octanol–water partition coefficient (Wildman–Crippen LogP) is -1.48. The molecule has 0 aromatic carbocycles. The number of carboxylic acids is 1. The van der Waals surface area contributed by atoms with Gasteiger partial charge in [-0.2, -0.15) is 0 Å². The molecule has 0 aliphatic heterocycles. The molecule has 2 N–H and O–H groups in total. The molecule has 0 saturated heterocycles. The van der Waals surface area contributed by atoms with Gasteiger partial charge in [0, 0.05) is 6.42 Å². The molecule has 0 aromatic heterocycles. The number of hydrogen-bond donors (Lipinski definition) is 2. The Balaban J connectivity index is -0.000000500. The van der Waals surface area contributed by atoms with Gasteiger partial charge in [0.1, 0.15) is 0 Å². The van der Waals surface area contributed by atoms with Gasteiger partial charge in [-0.05, 0) is 19.3 Å². The number of unbranched alkanes of at least 4 members (excludes halogenated alkanes) is 1. The van der Waals surface area contributed by atoms with Crippen LogP contribution in [0.3, 0.4) is 0 Å². The smallest absolute Gasteiger partial charge is 1.00 e. The summed E-state index contributed by atoms with van der Waals surface area (Å²) in [5, 5.41) is 17.3. The van der Waals surface area contributed by atoms with Crippen LogP contribution in [0.15, 0.2) is 0 Å². The average Bonchev–Trinajstić information content (AvgIpc) is 1.97. The Morgan fingerprint density at radius 2 is 2.08 bits per heavy atom. The summed E-state index contributed by atoms with van der Waals surface area (Å²) >= 11 is 0. The summed E-state index contributed by atoms with van der Waals surface area (Å²) in [7, 11) is 0. The minimum atomic E-state index is -0.754. The molecule has 0 saturated carbocycles. The summed E-state index contributed by atoms with van der Waals surface area (Å²) < 4.78 is 0. The standard InChI is InChI=1S/C8H16O3.K.H/c1-2-7(9)5-3-4-6-8(10)11;;/h7,9H,2-6H2,1H3,(H,10,11);;/q;+1;-1. The van der Waals surface area contributed by atoms with Crippen LogP contribution in [-0.2, 0) is 4.79 Å². The fraction of sp³-hybridized carbons (Fsp3) is 0.875. The SMILES string of the molecule is CCC(O)CCCCC(=O)O.[H-].[K+]. The molecule has 0 radical (unpaired) electrons. The fourth-order valence-electron chi connectivity index (χ4n) is 0.860. The van der Waals surface area contributed by atoms with Crippen LogP contribution in [-0.4, -0.2) is 22.3 Å². The monoisotopic (exact) mass is 200 g/mol. The third kappa shape index (κ3) is 11.1. The summed E-state index contributed by atoms with van der Waals surface area (Å²) in [6.45, 7) is 1.92. The van der Waals surface area contributed by atoms with E-state index in [0.717, 1.165) is 19.3 Å². The minimum absolute atomic E-state index is 0. The van der Waals surface area contributed by atoms with E-state index in [4.69, 9.17) is 10.2 Å². The van der Waals surface area contributed by atoms with E-state index in [1.807, 2.05) is 6.92 Å². The predicted molar refractivity (Wildman–Crippen MR) is 43.5 cm³/mol. The van der Waals surface area contributed by atoms with Crippen LogP contribution in [0, 0.1) is 0 Å². The van der Waals surface area contributed by atoms with E-state index in [1.165, 1.54) is 0 Å². The maximum absolute atomic E-state index is 10.1. The second-order valence-corrected chi connectivity index (χ2v) is 2.70. The number of hydrogen-bond acceptors (Lipinski definition) is 2. The van der Waals surface area contributed by atoms with Gasteiger partial charge in [0.25, 0.3) is 0 Å². The molecule has 68 valence electrons. The minimum Gasteiger partial charge on any atom is -1.00 e. The van der Waals surface area contributed by atoms with Crippen LogP contribution in [0.1, 0.15) is 40.5 Å². The van der Waals surface area contributed by atoms with Crippen molar-refractivity contribution in [3.8, 4) is 0 Å². The number of rotatable bonds is 6. The first-order chi connectivity index (χ1) is 5.16. The molecule has 3 nitrogen and oxygen atoms in total. The molecule has 1 unspecified atom stereocenters. The third-order valence-corrected chi connectivity index (χ3v) is 1.65. The average molecular weight is 200 g/mol. The van der Waals surface area contributed by atoms with Crippen molar-refractivity contribution in [2.75, 3.05) is 0 Å². The summed E-state index contributed by atoms with van der Waals surface area (Å²) in [5.41, 5.74) is 0. The molecule has 1 atom stereocenters. The Bertz CT molecular complexity index is 122. The summed E-state index contributed by atoms with van der Waals surface area (Å²) in [6.07, 6.45) is 2.94. The number of carbonyl (C=O) groups is 1. The van der Waals surface area contributed by atoms with Crippen molar-refractivity contribution in [1.82, 2.24) is 0 Å². The Kier molecular flexibility index (Phi) is 13.1. The zero-order chi connectivity index (χ0) is 8.69. The van der Waals surface area contributed by atoms with Crippen molar-refractivity contribution in [2.24, 2.45) is 0 Å². The second kappa shape index (κ2) is 10.1. The number of aliphatic hydroxyl groups excluding tert-OH is 1. The Morgan fingerprint density at radius 1 is 1.50 bits per heavy atom. The quantitative estimate of drug-likeness (QED) is 0.406. The van der Waals surface area contributed by atoms with Gasteiger partial charge >= 0.3 is 57.4 Å². The Morgan fingerprint density at radius 3 is 2.50 bits per heavy atom. The van der Waals surface area contributed by atoms with Gasteiger partial charge in [0.2, 0.25) is 0 Å². The molecular formula is C8H17KO3. The fourth-order valence-corrected chi connectivity index (χ4v) is 0.860. The van der Waals surface area contributed by atoms with Crippen molar-refractivity contribution in [1.29, 1.82) is 0 Å². The first-order valence-corrected chi connectivity index (χ1v) is 4.06. The van der Waals surface area contributed by atoms with Crippen LogP contribution >= 0.6 is 0 Å². The van der Waals surface area contributed by atoms with Crippen molar-refractivity contribution in [3.63, 3.8) is 0 Å². The van der Waals surface area contributed by atoms with Crippen LogP contribution in [0.5, 0.6) is 0 Å². The van der Waals surface area contributed by atoms with E-state index in [9.17, 15) is 4.79 Å². The van der Waals surface area contributed by atoms with Gasteiger partial charge < -0.3 is 11.6 Å². The molecule has 0 rings (SSSR count). The van der Waals surface area contributed by atoms with Crippen LogP contribution in [0.2, 0.25) is 0 Å². The molecule has 0 aliphatic rings. The molecule has 12 heavy (non-hydrogen) atoms. The summed E-state index contributed by atoms with van der Waals surface area (Å²) in [5.74, 6) is -0.754. The molecule has 0 heterocycles. The van der Waals surface area contributed by atoms with Crippen molar-refractivity contribution in [2.45, 2.75) is 45.1 Å². The van der Waals surface area contributed by atoms with E-state index in [1.54, 1.807) is 0 Å². The van der Waals surface area contributed by atoms with Gasteiger partial charge in [0.05, 0.1) is 6.10 Å². The largest absolute Gasteiger partial charge is 1.00 e. The van der Waals surface area contributed by atoms with Crippen molar-refractivity contribution < 1.29 is 67.8 Å². The Hall–Kier alpha value is 1.07. The maximum atomic E-state index is 10.1. The summed E-state index contributed by atoms with van der Waals surface area (Å²) in [4.78, 5) is 10.1. The molecule has 0 amide bonds. The molecule has 0 fully saturated rings. The summed E-state index contributed by atoms with van der Waals surface area (Å²) in [6, 6.07) is 0. The van der Waals surface area contributed by atoms with E-state index in [-0.39, 0.29) is 65.3 Å². The van der Waals surface area contributed by atoms with Gasteiger partial charge in [-0.25, -0.2) is 0 Å². The van der Waals surface area contributed by atoms with Crippen molar-refractivity contribution >= 4 is 5.97 Å². The number of aliphatic hydroxyl groups is 1. The van der Waals surface area contributed by atoms with Crippen molar-refractivity contribution in [3.05, 3.63) is 0 Å². The second-order valence-electron chi connectivity index (χ2n) is 2.70. The van der Waals surface area contributed by atoms with Gasteiger partial charge in [-0.3, -0.25) is 4.79 Å². The number of carboxylic acid groups (broad SMARTS) is 1. The topological polar surface area (TPSA) is 57.5 Å². The van der Waals surface area contributed by atoms with E-state index in [2.05, 4.69) is 0 Å². The molecule has 0 spiro atoms. The normalized spacial score (nSPS) is 11.8. The molecule has 0 bridgehead atoms. The van der Waals surface area contributed by atoms with E-state index >= 15 is 0 Å². The first-order valence-electron chi connectivity index (χ1n) is 4.06. The zero-order valence-electron chi connectivity index (χ0n) is 8.92. The Labute approximate surface area is 117 Å². The van der Waals surface area contributed by atoms with Gasteiger partial charge in [-0.1, -0.05) is 13.3 Å². The van der Waals surface area contributed by atoms with Gasteiger partial charge in [0.15, 0.2) is 0 Å². The van der Waals surface area contributed by atoms with E-state index < -0.39 is 5.97 Å². The van der Waals surface area contributed by atoms with E-state index in [0.29, 0.717) is 6.42 Å². The molecular weight excluding hydrogens is 183 g/mol. The maximum Gasteiger partial charge on any atom is 1.00 e. The van der Waals surface area contributed by atoms with Gasteiger partial charge in [-0.15, -0.1) is 0 Å². The van der Waals surface area contributed by atoms with Crippen LogP contribution < -0.4 is 51.4 Å². The zero-order valence-corrected chi connectivity index (χ0v) is 11.0. The first kappa shape index (κ1) is 15.5. The number of aliphatic carboxylic acids is 1.